The number of ether oxygens (including phenoxy) is 1. The van der Waals surface area contributed by atoms with Gasteiger partial charge in [0.2, 0.25) is 10.0 Å². The van der Waals surface area contributed by atoms with E-state index in [2.05, 4.69) is 14.9 Å². The highest BCUT2D eigenvalue weighted by Gasteiger charge is 2.27. The van der Waals surface area contributed by atoms with Crippen molar-refractivity contribution in [1.82, 2.24) is 14.9 Å². The van der Waals surface area contributed by atoms with Crippen LogP contribution in [0.3, 0.4) is 0 Å². The van der Waals surface area contributed by atoms with Crippen LogP contribution in [0.15, 0.2) is 4.90 Å². The molecule has 0 bridgehead atoms. The Labute approximate surface area is 117 Å². The number of nitrogens with zero attached hydrogens (tertiary/aromatic N) is 1. The molecule has 20 heavy (non-hydrogen) atoms. The molecule has 114 valence electrons. The van der Waals surface area contributed by atoms with Gasteiger partial charge in [0.1, 0.15) is 4.90 Å². The van der Waals surface area contributed by atoms with Crippen molar-refractivity contribution >= 4 is 16.0 Å². The zero-order valence-electron chi connectivity index (χ0n) is 11.5. The molecule has 1 heterocycles. The average molecular weight is 305 g/mol. The maximum Gasteiger partial charge on any atom is 0.357 e. The average Bonchev–Trinajstić information content (AvgIpc) is 2.76. The molecule has 0 fully saturated rings. The first-order valence-corrected chi connectivity index (χ1v) is 7.74. The Bertz CT molecular complexity index is 552. The van der Waals surface area contributed by atoms with Crippen molar-refractivity contribution in [3.05, 3.63) is 11.4 Å². The molecular formula is C11H19N3O5S. The molecule has 9 heteroatoms. The largest absolute Gasteiger partial charge is 0.476 e. The smallest absolute Gasteiger partial charge is 0.357 e. The van der Waals surface area contributed by atoms with E-state index < -0.39 is 21.7 Å². The van der Waals surface area contributed by atoms with Gasteiger partial charge in [-0.25, -0.2) is 17.9 Å². The molecule has 0 aliphatic heterocycles. The van der Waals surface area contributed by atoms with Crippen LogP contribution < -0.4 is 4.72 Å². The lowest BCUT2D eigenvalue weighted by molar-refractivity contribution is 0.0686. The molecule has 1 aromatic heterocycles. The second-order valence-corrected chi connectivity index (χ2v) is 5.90. The number of aromatic nitrogens is 2. The Balaban J connectivity index is 2.65. The molecule has 0 atom stereocenters. The monoisotopic (exact) mass is 305 g/mol. The number of aryl methyl sites for hydroxylation is 1. The molecule has 8 nitrogen and oxygen atoms in total. The maximum absolute atomic E-state index is 12.1. The molecule has 3 N–H and O–H groups in total. The summed E-state index contributed by atoms with van der Waals surface area (Å²) in [5, 5.41) is 14.8. The number of aromatic carboxylic acids is 1. The van der Waals surface area contributed by atoms with E-state index in [1.807, 2.05) is 6.92 Å². The minimum Gasteiger partial charge on any atom is -0.476 e. The van der Waals surface area contributed by atoms with E-state index in [-0.39, 0.29) is 17.1 Å². The van der Waals surface area contributed by atoms with Gasteiger partial charge in [0.25, 0.3) is 0 Å². The van der Waals surface area contributed by atoms with Crippen LogP contribution in [0.1, 0.15) is 35.9 Å². The van der Waals surface area contributed by atoms with Crippen LogP contribution in [0.25, 0.3) is 0 Å². The third-order valence-electron chi connectivity index (χ3n) is 2.47. The van der Waals surface area contributed by atoms with Crippen molar-refractivity contribution in [2.75, 3.05) is 19.8 Å². The van der Waals surface area contributed by atoms with Crippen molar-refractivity contribution in [3.63, 3.8) is 0 Å². The zero-order valence-corrected chi connectivity index (χ0v) is 12.3. The molecule has 0 radical (unpaired) electrons. The molecule has 0 aliphatic rings. The van der Waals surface area contributed by atoms with Crippen LogP contribution in [-0.4, -0.2) is 49.4 Å². The standard InChI is InChI=1S/C11H19N3O5S/c1-3-6-19-7-4-5-12-20(17,18)10-8(2)13-14-9(10)11(15)16/h12H,3-7H2,1-2H3,(H,13,14)(H,15,16). The Hall–Kier alpha value is -1.45. The van der Waals surface area contributed by atoms with Crippen LogP contribution in [0.2, 0.25) is 0 Å². The van der Waals surface area contributed by atoms with Gasteiger partial charge in [-0.1, -0.05) is 6.92 Å². The molecule has 0 saturated carbocycles. The minimum atomic E-state index is -3.90. The normalized spacial score (nSPS) is 11.7. The minimum absolute atomic E-state index is 0.176. The fourth-order valence-corrected chi connectivity index (χ4v) is 2.99. The summed E-state index contributed by atoms with van der Waals surface area (Å²) < 4.78 is 31.7. The van der Waals surface area contributed by atoms with Gasteiger partial charge >= 0.3 is 5.97 Å². The van der Waals surface area contributed by atoms with E-state index in [4.69, 9.17) is 9.84 Å². The summed E-state index contributed by atoms with van der Waals surface area (Å²) in [6.07, 6.45) is 1.42. The van der Waals surface area contributed by atoms with Crippen molar-refractivity contribution in [1.29, 1.82) is 0 Å². The number of carbonyl (C=O) groups is 1. The van der Waals surface area contributed by atoms with Crippen LogP contribution in [0, 0.1) is 6.92 Å². The molecule has 0 spiro atoms. The summed E-state index contributed by atoms with van der Waals surface area (Å²) in [6.45, 7) is 4.70. The van der Waals surface area contributed by atoms with E-state index in [0.29, 0.717) is 19.6 Å². The quantitative estimate of drug-likeness (QED) is 0.572. The highest BCUT2D eigenvalue weighted by atomic mass is 32.2. The van der Waals surface area contributed by atoms with Gasteiger partial charge in [0.15, 0.2) is 5.69 Å². The second kappa shape index (κ2) is 7.36. The number of carboxylic acid groups (broad SMARTS) is 1. The van der Waals surface area contributed by atoms with Gasteiger partial charge < -0.3 is 9.84 Å². The number of H-pyrrole nitrogens is 1. The molecule has 1 aromatic rings. The lowest BCUT2D eigenvalue weighted by Gasteiger charge is -2.07. The Morgan fingerprint density at radius 1 is 1.45 bits per heavy atom. The van der Waals surface area contributed by atoms with Crippen molar-refractivity contribution in [2.24, 2.45) is 0 Å². The first-order chi connectivity index (χ1) is 9.40. The van der Waals surface area contributed by atoms with Gasteiger partial charge in [-0.2, -0.15) is 5.10 Å². The summed E-state index contributed by atoms with van der Waals surface area (Å²) in [6, 6.07) is 0. The molecule has 0 saturated heterocycles. The number of carboxylic acids is 1. The molecular weight excluding hydrogens is 286 g/mol. The van der Waals surface area contributed by atoms with Crippen molar-refractivity contribution in [2.45, 2.75) is 31.6 Å². The lowest BCUT2D eigenvalue weighted by atomic mass is 10.4. The van der Waals surface area contributed by atoms with Gasteiger partial charge in [0, 0.05) is 19.8 Å². The molecule has 1 rings (SSSR count). The maximum atomic E-state index is 12.1. The number of hydrogen-bond donors (Lipinski definition) is 3. The van der Waals surface area contributed by atoms with Crippen LogP contribution in [-0.2, 0) is 14.8 Å². The summed E-state index contributed by atoms with van der Waals surface area (Å²) in [5.41, 5.74) is -0.311. The number of sulfonamides is 1. The van der Waals surface area contributed by atoms with E-state index >= 15 is 0 Å². The van der Waals surface area contributed by atoms with E-state index in [9.17, 15) is 13.2 Å². The lowest BCUT2D eigenvalue weighted by Crippen LogP contribution is -2.27. The fraction of sp³-hybridized carbons (Fsp3) is 0.636. The first kappa shape index (κ1) is 16.6. The number of nitrogens with one attached hydrogen (secondary N) is 2. The number of hydrogen-bond acceptors (Lipinski definition) is 5. The highest BCUT2D eigenvalue weighted by Crippen LogP contribution is 2.17. The number of rotatable bonds is 9. The van der Waals surface area contributed by atoms with Crippen molar-refractivity contribution < 1.29 is 23.1 Å². The van der Waals surface area contributed by atoms with Crippen LogP contribution >= 0.6 is 0 Å². The predicted octanol–water partition coefficient (Wildman–Crippen LogP) is 0.511. The second-order valence-electron chi connectivity index (χ2n) is 4.20. The molecule has 0 aromatic carbocycles. The van der Waals surface area contributed by atoms with Gasteiger partial charge in [0.05, 0.1) is 5.69 Å². The summed E-state index contributed by atoms with van der Waals surface area (Å²) in [5.74, 6) is -1.39. The summed E-state index contributed by atoms with van der Waals surface area (Å²) >= 11 is 0. The Kier molecular flexibility index (Phi) is 6.11. The Morgan fingerprint density at radius 3 is 2.75 bits per heavy atom. The molecule has 0 amide bonds. The molecule has 0 unspecified atom stereocenters. The van der Waals surface area contributed by atoms with Gasteiger partial charge in [-0.3, -0.25) is 5.10 Å². The third-order valence-corrected chi connectivity index (χ3v) is 4.09. The van der Waals surface area contributed by atoms with E-state index in [0.717, 1.165) is 6.42 Å². The van der Waals surface area contributed by atoms with Gasteiger partial charge in [-0.05, 0) is 19.8 Å². The predicted molar refractivity (Wildman–Crippen MR) is 71.2 cm³/mol. The zero-order chi connectivity index (χ0) is 15.2. The summed E-state index contributed by atoms with van der Waals surface area (Å²) in [7, 11) is -3.90. The topological polar surface area (TPSA) is 121 Å². The highest BCUT2D eigenvalue weighted by molar-refractivity contribution is 7.89. The van der Waals surface area contributed by atoms with Gasteiger partial charge in [-0.15, -0.1) is 0 Å². The first-order valence-electron chi connectivity index (χ1n) is 6.25. The van der Waals surface area contributed by atoms with Crippen LogP contribution in [0.5, 0.6) is 0 Å². The summed E-state index contributed by atoms with van der Waals surface area (Å²) in [4.78, 5) is 10.6. The van der Waals surface area contributed by atoms with Crippen LogP contribution in [0.4, 0.5) is 0 Å². The molecule has 0 aliphatic carbocycles. The van der Waals surface area contributed by atoms with E-state index in [1.165, 1.54) is 6.92 Å². The Morgan fingerprint density at radius 2 is 2.15 bits per heavy atom. The SMILES string of the molecule is CCCOCCCNS(=O)(=O)c1c(C(=O)O)n[nH]c1C. The third kappa shape index (κ3) is 4.29. The number of aromatic amines is 1. The van der Waals surface area contributed by atoms with Crippen molar-refractivity contribution in [3.8, 4) is 0 Å². The fourth-order valence-electron chi connectivity index (χ4n) is 1.59. The van der Waals surface area contributed by atoms with E-state index in [1.54, 1.807) is 0 Å².